The Labute approximate surface area is 170 Å². The number of phenols is 1. The Balaban J connectivity index is 2.22. The summed E-state index contributed by atoms with van der Waals surface area (Å²) in [6.45, 7) is 3.38. The Morgan fingerprint density at radius 3 is 2.43 bits per heavy atom. The second kappa shape index (κ2) is 6.68. The lowest BCUT2D eigenvalue weighted by Crippen LogP contribution is -2.17. The number of hydrogen-bond acceptors (Lipinski definition) is 4. The number of amides is 1. The Morgan fingerprint density at radius 1 is 1.23 bits per heavy atom. The van der Waals surface area contributed by atoms with Gasteiger partial charge in [0.05, 0.1) is 22.7 Å². The fraction of sp³-hybridized carbons (Fsp3) is 0.400. The predicted molar refractivity (Wildman–Crippen MR) is 106 cm³/mol. The maximum Gasteiger partial charge on any atom is 0.435 e. The van der Waals surface area contributed by atoms with Crippen molar-refractivity contribution in [3.63, 3.8) is 0 Å². The Kier molecular flexibility index (Phi) is 4.48. The van der Waals surface area contributed by atoms with Crippen molar-refractivity contribution in [1.29, 1.82) is 0 Å². The number of anilines is 1. The van der Waals surface area contributed by atoms with Crippen molar-refractivity contribution < 1.29 is 23.1 Å². The third-order valence-electron chi connectivity index (χ3n) is 5.86. The van der Waals surface area contributed by atoms with E-state index in [-0.39, 0.29) is 23.3 Å². The van der Waals surface area contributed by atoms with Gasteiger partial charge in [-0.1, -0.05) is 18.9 Å². The van der Waals surface area contributed by atoms with Crippen molar-refractivity contribution in [3.05, 3.63) is 34.5 Å². The lowest BCUT2D eigenvalue weighted by molar-refractivity contribution is -0.140. The average Bonchev–Trinajstić information content (AvgIpc) is 3.34. The van der Waals surface area contributed by atoms with E-state index in [0.29, 0.717) is 29.7 Å². The molecule has 0 radical (unpaired) electrons. The molecule has 4 rings (SSSR count). The zero-order valence-electron chi connectivity index (χ0n) is 16.5. The number of aryl methyl sites for hydroxylation is 1. The molecule has 1 aliphatic carbocycles. The second-order valence-corrected chi connectivity index (χ2v) is 7.76. The molecule has 2 aromatic heterocycles. The number of phenolic OH excluding ortho intramolecular Hbond substituents is 1. The fourth-order valence-corrected chi connectivity index (χ4v) is 4.47. The van der Waals surface area contributed by atoms with E-state index < -0.39 is 28.7 Å². The van der Waals surface area contributed by atoms with Crippen LogP contribution in [0.15, 0.2) is 12.1 Å². The van der Waals surface area contributed by atoms with Crippen molar-refractivity contribution >= 4 is 22.8 Å². The van der Waals surface area contributed by atoms with E-state index in [0.717, 1.165) is 12.8 Å². The number of carbonyl (C=O) groups excluding carboxylic acids is 1. The molecular weight excluding hydrogens is 399 g/mol. The highest BCUT2D eigenvalue weighted by Crippen LogP contribution is 2.44. The lowest BCUT2D eigenvalue weighted by Gasteiger charge is -2.18. The quantitative estimate of drug-likeness (QED) is 0.594. The molecule has 0 saturated heterocycles. The maximum absolute atomic E-state index is 13.9. The van der Waals surface area contributed by atoms with Gasteiger partial charge in [0.2, 0.25) is 0 Å². The Hall–Kier alpha value is -3.17. The van der Waals surface area contributed by atoms with Gasteiger partial charge in [-0.15, -0.1) is 0 Å². The van der Waals surface area contributed by atoms with Gasteiger partial charge in [-0.25, -0.2) is 4.68 Å². The van der Waals surface area contributed by atoms with Gasteiger partial charge in [0.1, 0.15) is 17.2 Å². The Morgan fingerprint density at radius 2 is 1.87 bits per heavy atom. The fourth-order valence-electron chi connectivity index (χ4n) is 4.47. The van der Waals surface area contributed by atoms with Crippen molar-refractivity contribution in [2.75, 3.05) is 5.73 Å². The number of rotatable bonds is 3. The van der Waals surface area contributed by atoms with Crippen LogP contribution in [0.1, 0.15) is 58.9 Å². The van der Waals surface area contributed by atoms with E-state index in [1.54, 1.807) is 19.9 Å². The summed E-state index contributed by atoms with van der Waals surface area (Å²) >= 11 is 0. The van der Waals surface area contributed by atoms with Crippen LogP contribution in [-0.2, 0) is 6.18 Å². The highest BCUT2D eigenvalue weighted by molar-refractivity contribution is 6.12. The van der Waals surface area contributed by atoms with Crippen LogP contribution in [0, 0.1) is 13.8 Å². The van der Waals surface area contributed by atoms with Crippen LogP contribution < -0.4 is 11.5 Å². The van der Waals surface area contributed by atoms with Gasteiger partial charge in [0.15, 0.2) is 5.69 Å². The first-order chi connectivity index (χ1) is 14.0. The number of benzene rings is 1. The molecule has 1 fully saturated rings. The number of halogens is 3. The van der Waals surface area contributed by atoms with Crippen LogP contribution in [0.2, 0.25) is 0 Å². The largest absolute Gasteiger partial charge is 0.508 e. The molecule has 3 aromatic rings. The zero-order chi connectivity index (χ0) is 22.0. The highest BCUT2D eigenvalue weighted by atomic mass is 19.4. The number of primary amides is 1. The molecule has 160 valence electrons. The van der Waals surface area contributed by atoms with Gasteiger partial charge >= 0.3 is 6.18 Å². The Bertz CT molecular complexity index is 1170. The number of nitrogen functional groups attached to an aromatic ring is 1. The standard InChI is InChI=1S/C20H22F3N5O2/c1-9-7-8-12(29)10(2)15(9)27-17(24)14(18(25)30)13-16(20(21,22)23)26-28(19(13)27)11-5-3-4-6-11/h7-8,11,29H,3-6,24H2,1-2H3,(H2,25,30). The number of nitrogens with zero attached hydrogens (tertiary/aromatic N) is 3. The number of hydrogen-bond donors (Lipinski definition) is 3. The summed E-state index contributed by atoms with van der Waals surface area (Å²) in [6.07, 6.45) is -1.72. The summed E-state index contributed by atoms with van der Waals surface area (Å²) in [4.78, 5) is 12.2. The zero-order valence-corrected chi connectivity index (χ0v) is 16.5. The predicted octanol–water partition coefficient (Wildman–Crippen LogP) is 3.96. The molecule has 1 saturated carbocycles. The third-order valence-corrected chi connectivity index (χ3v) is 5.86. The smallest absolute Gasteiger partial charge is 0.435 e. The van der Waals surface area contributed by atoms with Gasteiger partial charge < -0.3 is 16.6 Å². The molecule has 5 N–H and O–H groups in total. The molecule has 1 aromatic carbocycles. The summed E-state index contributed by atoms with van der Waals surface area (Å²) < 4.78 is 44.4. The van der Waals surface area contributed by atoms with Crippen molar-refractivity contribution in [1.82, 2.24) is 14.3 Å². The normalized spacial score (nSPS) is 15.4. The summed E-state index contributed by atoms with van der Waals surface area (Å²) in [5.74, 6) is -1.31. The monoisotopic (exact) mass is 421 g/mol. The highest BCUT2D eigenvalue weighted by Gasteiger charge is 2.42. The van der Waals surface area contributed by atoms with Crippen molar-refractivity contribution in [2.45, 2.75) is 51.7 Å². The van der Waals surface area contributed by atoms with Gasteiger partial charge in [-0.2, -0.15) is 18.3 Å². The summed E-state index contributed by atoms with van der Waals surface area (Å²) in [5.41, 5.74) is 11.7. The molecule has 2 heterocycles. The first-order valence-electron chi connectivity index (χ1n) is 9.63. The van der Waals surface area contributed by atoms with Crippen LogP contribution in [0.3, 0.4) is 0 Å². The lowest BCUT2D eigenvalue weighted by atomic mass is 10.1. The second-order valence-electron chi connectivity index (χ2n) is 7.76. The molecule has 0 aliphatic heterocycles. The minimum Gasteiger partial charge on any atom is -0.508 e. The molecular formula is C20H22F3N5O2. The number of aromatic hydroxyl groups is 1. The molecule has 0 unspecified atom stereocenters. The maximum atomic E-state index is 13.9. The van der Waals surface area contributed by atoms with E-state index in [1.807, 2.05) is 0 Å². The molecule has 0 bridgehead atoms. The van der Waals surface area contributed by atoms with Crippen LogP contribution in [0.4, 0.5) is 19.0 Å². The first kappa shape index (κ1) is 20.1. The van der Waals surface area contributed by atoms with Crippen LogP contribution >= 0.6 is 0 Å². The van der Waals surface area contributed by atoms with Gasteiger partial charge in [-0.3, -0.25) is 9.36 Å². The number of aromatic nitrogens is 3. The molecule has 30 heavy (non-hydrogen) atoms. The topological polar surface area (TPSA) is 112 Å². The molecule has 1 aliphatic rings. The molecule has 1 amide bonds. The summed E-state index contributed by atoms with van der Waals surface area (Å²) in [6, 6.07) is 2.87. The summed E-state index contributed by atoms with van der Waals surface area (Å²) in [7, 11) is 0. The van der Waals surface area contributed by atoms with E-state index in [4.69, 9.17) is 11.5 Å². The number of nitrogens with two attached hydrogens (primary N) is 2. The van der Waals surface area contributed by atoms with Crippen molar-refractivity contribution in [2.24, 2.45) is 5.73 Å². The average molecular weight is 421 g/mol. The van der Waals surface area contributed by atoms with Crippen LogP contribution in [0.5, 0.6) is 5.75 Å². The van der Waals surface area contributed by atoms with E-state index >= 15 is 0 Å². The first-order valence-corrected chi connectivity index (χ1v) is 9.63. The van der Waals surface area contributed by atoms with Gasteiger partial charge in [-0.05, 0) is 38.3 Å². The third kappa shape index (κ3) is 2.81. The SMILES string of the molecule is Cc1ccc(O)c(C)c1-n1c(N)c(C(N)=O)c2c(C(F)(F)F)nn(C3CCCC3)c21. The number of fused-ring (bicyclic) bond motifs is 1. The van der Waals surface area contributed by atoms with Gasteiger partial charge in [0, 0.05) is 5.56 Å². The van der Waals surface area contributed by atoms with Crippen molar-refractivity contribution in [3.8, 4) is 11.4 Å². The number of alkyl halides is 3. The molecule has 7 nitrogen and oxygen atoms in total. The molecule has 0 atom stereocenters. The molecule has 10 heteroatoms. The van der Waals surface area contributed by atoms with E-state index in [2.05, 4.69) is 5.10 Å². The van der Waals surface area contributed by atoms with Crippen LogP contribution in [0.25, 0.3) is 16.7 Å². The molecule has 0 spiro atoms. The number of carbonyl (C=O) groups is 1. The van der Waals surface area contributed by atoms with E-state index in [9.17, 15) is 23.1 Å². The van der Waals surface area contributed by atoms with Gasteiger partial charge in [0.25, 0.3) is 5.91 Å². The van der Waals surface area contributed by atoms with E-state index in [1.165, 1.54) is 15.3 Å². The minimum absolute atomic E-state index is 0.0412. The minimum atomic E-state index is -4.80. The summed E-state index contributed by atoms with van der Waals surface area (Å²) in [5, 5.41) is 13.7. The van der Waals surface area contributed by atoms with Crippen LogP contribution in [-0.4, -0.2) is 25.4 Å².